The van der Waals surface area contributed by atoms with E-state index >= 15 is 0 Å². The molecule has 21 heavy (non-hydrogen) atoms. The van der Waals surface area contributed by atoms with Crippen LogP contribution < -0.4 is 10.2 Å². The summed E-state index contributed by atoms with van der Waals surface area (Å²) < 4.78 is 0. The predicted molar refractivity (Wildman–Crippen MR) is 90.3 cm³/mol. The zero-order valence-corrected chi connectivity index (χ0v) is 14.2. The van der Waals surface area contributed by atoms with E-state index < -0.39 is 0 Å². The normalized spacial score (nSPS) is 16.9. The predicted octanol–water partition coefficient (Wildman–Crippen LogP) is 4.11. The van der Waals surface area contributed by atoms with Crippen molar-refractivity contribution in [2.24, 2.45) is 0 Å². The minimum absolute atomic E-state index is 0.346. The van der Waals surface area contributed by atoms with Gasteiger partial charge in [-0.2, -0.15) is 0 Å². The molecule has 0 saturated heterocycles. The third-order valence-corrected chi connectivity index (χ3v) is 4.60. The van der Waals surface area contributed by atoms with Gasteiger partial charge in [-0.25, -0.2) is 9.97 Å². The van der Waals surface area contributed by atoms with Gasteiger partial charge in [0.05, 0.1) is 0 Å². The van der Waals surface area contributed by atoms with Gasteiger partial charge in [0.25, 0.3) is 0 Å². The average Bonchev–Trinajstić information content (AvgIpc) is 2.75. The maximum absolute atomic E-state index is 4.86. The number of nitrogens with one attached hydrogen (secondary N) is 1. The van der Waals surface area contributed by atoms with Crippen LogP contribution in [0.25, 0.3) is 0 Å². The molecule has 0 aliphatic heterocycles. The van der Waals surface area contributed by atoms with E-state index in [-0.39, 0.29) is 0 Å². The molecule has 118 valence electrons. The second-order valence-corrected chi connectivity index (χ2v) is 6.54. The Morgan fingerprint density at radius 3 is 2.24 bits per heavy atom. The highest BCUT2D eigenvalue weighted by molar-refractivity contribution is 5.58. The Balaban J connectivity index is 2.33. The second-order valence-electron chi connectivity index (χ2n) is 6.54. The van der Waals surface area contributed by atoms with Crippen LogP contribution in [0.3, 0.4) is 0 Å². The van der Waals surface area contributed by atoms with E-state index in [4.69, 9.17) is 4.98 Å². The van der Waals surface area contributed by atoms with Crippen LogP contribution in [0.4, 0.5) is 11.6 Å². The molecule has 1 heterocycles. The van der Waals surface area contributed by atoms with Gasteiger partial charge < -0.3 is 10.2 Å². The fourth-order valence-electron chi connectivity index (χ4n) is 3.18. The number of aromatic nitrogens is 2. The molecule has 1 aliphatic carbocycles. The van der Waals surface area contributed by atoms with Gasteiger partial charge in [0.2, 0.25) is 0 Å². The lowest BCUT2D eigenvalue weighted by molar-refractivity contribution is 0.546. The van der Waals surface area contributed by atoms with Crippen molar-refractivity contribution < 1.29 is 0 Å². The van der Waals surface area contributed by atoms with Crippen LogP contribution >= 0.6 is 0 Å². The molecule has 1 saturated carbocycles. The number of nitrogens with zero attached hydrogens (tertiary/aromatic N) is 3. The Kier molecular flexibility index (Phi) is 5.43. The molecular formula is C17H30N4. The van der Waals surface area contributed by atoms with Crippen molar-refractivity contribution >= 4 is 11.6 Å². The van der Waals surface area contributed by atoms with Crippen molar-refractivity contribution in [2.75, 3.05) is 24.3 Å². The van der Waals surface area contributed by atoms with Gasteiger partial charge in [-0.1, -0.05) is 39.5 Å². The van der Waals surface area contributed by atoms with Crippen LogP contribution in [0.15, 0.2) is 0 Å². The summed E-state index contributed by atoms with van der Waals surface area (Å²) in [5.41, 5.74) is 1.16. The first-order chi connectivity index (χ1) is 10.0. The first-order valence-corrected chi connectivity index (χ1v) is 8.33. The quantitative estimate of drug-likeness (QED) is 0.847. The summed E-state index contributed by atoms with van der Waals surface area (Å²) >= 11 is 0. The van der Waals surface area contributed by atoms with E-state index in [0.717, 1.165) is 23.0 Å². The van der Waals surface area contributed by atoms with Crippen LogP contribution in [0.1, 0.15) is 69.7 Å². The van der Waals surface area contributed by atoms with E-state index in [9.17, 15) is 0 Å². The first kappa shape index (κ1) is 16.1. The zero-order valence-electron chi connectivity index (χ0n) is 14.2. The standard InChI is InChI=1S/C17H30N4/c1-12(2)15-19-16(18-4)13(3)17(20-15)21(5)14-10-8-6-7-9-11-14/h12,14H,6-11H2,1-5H3,(H,18,19,20). The van der Waals surface area contributed by atoms with E-state index in [2.05, 4.69) is 43.0 Å². The molecule has 4 heteroatoms. The summed E-state index contributed by atoms with van der Waals surface area (Å²) in [6.07, 6.45) is 8.01. The molecule has 0 spiro atoms. The summed E-state index contributed by atoms with van der Waals surface area (Å²) in [5.74, 6) is 3.34. The Labute approximate surface area is 129 Å². The number of hydrogen-bond acceptors (Lipinski definition) is 4. The van der Waals surface area contributed by atoms with E-state index in [0.29, 0.717) is 12.0 Å². The summed E-state index contributed by atoms with van der Waals surface area (Å²) in [5, 5.41) is 3.22. The summed E-state index contributed by atoms with van der Waals surface area (Å²) in [6.45, 7) is 6.43. The molecule has 0 amide bonds. The third-order valence-electron chi connectivity index (χ3n) is 4.60. The topological polar surface area (TPSA) is 41.1 Å². The Hall–Kier alpha value is -1.32. The highest BCUT2D eigenvalue weighted by Crippen LogP contribution is 2.30. The molecule has 0 atom stereocenters. The van der Waals surface area contributed by atoms with Crippen LogP contribution in [0.5, 0.6) is 0 Å². The van der Waals surface area contributed by atoms with Gasteiger partial charge in [-0.05, 0) is 19.8 Å². The van der Waals surface area contributed by atoms with Crippen LogP contribution in [0.2, 0.25) is 0 Å². The molecule has 2 rings (SSSR count). The molecule has 1 aliphatic rings. The Morgan fingerprint density at radius 1 is 1.10 bits per heavy atom. The monoisotopic (exact) mass is 290 g/mol. The number of rotatable bonds is 4. The lowest BCUT2D eigenvalue weighted by atomic mass is 10.1. The summed E-state index contributed by atoms with van der Waals surface area (Å²) in [7, 11) is 4.14. The molecule has 1 aromatic rings. The van der Waals surface area contributed by atoms with Crippen molar-refractivity contribution in [1.29, 1.82) is 0 Å². The van der Waals surface area contributed by atoms with Gasteiger partial charge in [0, 0.05) is 31.6 Å². The average molecular weight is 290 g/mol. The second kappa shape index (κ2) is 7.10. The maximum Gasteiger partial charge on any atom is 0.137 e. The molecule has 0 unspecified atom stereocenters. The lowest BCUT2D eigenvalue weighted by Gasteiger charge is -2.30. The summed E-state index contributed by atoms with van der Waals surface area (Å²) in [6, 6.07) is 0.616. The number of anilines is 2. The molecular weight excluding hydrogens is 260 g/mol. The third kappa shape index (κ3) is 3.66. The van der Waals surface area contributed by atoms with Crippen molar-refractivity contribution in [3.63, 3.8) is 0 Å². The molecule has 0 aromatic carbocycles. The van der Waals surface area contributed by atoms with E-state index in [1.165, 1.54) is 38.5 Å². The highest BCUT2D eigenvalue weighted by Gasteiger charge is 2.22. The van der Waals surface area contributed by atoms with Gasteiger partial charge >= 0.3 is 0 Å². The fraction of sp³-hybridized carbons (Fsp3) is 0.765. The molecule has 0 bridgehead atoms. The van der Waals surface area contributed by atoms with E-state index in [1.807, 2.05) is 7.05 Å². The molecule has 0 radical (unpaired) electrons. The molecule has 1 aromatic heterocycles. The van der Waals surface area contributed by atoms with Crippen LogP contribution in [0, 0.1) is 6.92 Å². The van der Waals surface area contributed by atoms with Crippen LogP contribution in [-0.4, -0.2) is 30.1 Å². The zero-order chi connectivity index (χ0) is 15.4. The summed E-state index contributed by atoms with van der Waals surface area (Å²) in [4.78, 5) is 11.9. The van der Waals surface area contributed by atoms with Crippen molar-refractivity contribution in [3.05, 3.63) is 11.4 Å². The fourth-order valence-corrected chi connectivity index (χ4v) is 3.18. The smallest absolute Gasteiger partial charge is 0.137 e. The van der Waals surface area contributed by atoms with E-state index in [1.54, 1.807) is 0 Å². The molecule has 1 N–H and O–H groups in total. The van der Waals surface area contributed by atoms with Gasteiger partial charge in [0.15, 0.2) is 0 Å². The number of hydrogen-bond donors (Lipinski definition) is 1. The van der Waals surface area contributed by atoms with Crippen LogP contribution in [-0.2, 0) is 0 Å². The van der Waals surface area contributed by atoms with Crippen molar-refractivity contribution in [3.8, 4) is 0 Å². The minimum atomic E-state index is 0.346. The van der Waals surface area contributed by atoms with Gasteiger partial charge in [-0.3, -0.25) is 0 Å². The van der Waals surface area contributed by atoms with Gasteiger partial charge in [0.1, 0.15) is 17.5 Å². The van der Waals surface area contributed by atoms with Crippen molar-refractivity contribution in [1.82, 2.24) is 9.97 Å². The Morgan fingerprint density at radius 2 is 1.71 bits per heavy atom. The largest absolute Gasteiger partial charge is 0.373 e. The lowest BCUT2D eigenvalue weighted by Crippen LogP contribution is -2.33. The molecule has 4 nitrogen and oxygen atoms in total. The Bertz CT molecular complexity index is 462. The minimum Gasteiger partial charge on any atom is -0.373 e. The highest BCUT2D eigenvalue weighted by atomic mass is 15.2. The maximum atomic E-state index is 4.86. The van der Waals surface area contributed by atoms with Crippen molar-refractivity contribution in [2.45, 2.75) is 71.3 Å². The first-order valence-electron chi connectivity index (χ1n) is 8.33. The van der Waals surface area contributed by atoms with Gasteiger partial charge in [-0.15, -0.1) is 0 Å². The SMILES string of the molecule is CNc1nc(C(C)C)nc(N(C)C2CCCCCC2)c1C. The molecule has 1 fully saturated rings.